The lowest BCUT2D eigenvalue weighted by atomic mass is 9.98. The summed E-state index contributed by atoms with van der Waals surface area (Å²) >= 11 is 0. The lowest BCUT2D eigenvalue weighted by Gasteiger charge is -2.07. The topological polar surface area (TPSA) is 112 Å². The second-order valence-corrected chi connectivity index (χ2v) is 7.79. The van der Waals surface area contributed by atoms with Crippen molar-refractivity contribution in [1.29, 1.82) is 5.26 Å². The quantitative estimate of drug-likeness (QED) is 0.221. The summed E-state index contributed by atoms with van der Waals surface area (Å²) in [6.07, 6.45) is 1.43. The zero-order chi connectivity index (χ0) is 24.8. The monoisotopic (exact) mass is 455 g/mol. The fourth-order valence-corrected chi connectivity index (χ4v) is 3.59. The Kier molecular flexibility index (Phi) is 7.44. The van der Waals surface area contributed by atoms with Gasteiger partial charge in [-0.3, -0.25) is 9.59 Å². The molecule has 0 saturated heterocycles. The van der Waals surface area contributed by atoms with Crippen LogP contribution in [0.25, 0.3) is 6.08 Å². The highest BCUT2D eigenvalue weighted by atomic mass is 16.5. The smallest absolute Gasteiger partial charge is 0.340 e. The molecule has 0 bridgehead atoms. The number of benzene rings is 2. The van der Waals surface area contributed by atoms with Gasteiger partial charge in [-0.05, 0) is 63.6 Å². The Morgan fingerprint density at radius 3 is 2.35 bits per heavy atom. The molecule has 7 nitrogen and oxygen atoms in total. The van der Waals surface area contributed by atoms with E-state index < -0.39 is 11.8 Å². The number of nitrogens with one attached hydrogen (secondary N) is 2. The highest BCUT2D eigenvalue weighted by Gasteiger charge is 2.27. The van der Waals surface area contributed by atoms with Crippen LogP contribution in [0.3, 0.4) is 0 Å². The van der Waals surface area contributed by atoms with Crippen molar-refractivity contribution in [2.75, 3.05) is 11.9 Å². The maximum absolute atomic E-state index is 13.2. The SMILES string of the molecule is CCOC(=O)c1c(C)[nH]c(C)c1C(=O)/C(C#N)=C/c1cccc(NC(=O)c2ccc(C)cc2)c1. The summed E-state index contributed by atoms with van der Waals surface area (Å²) in [7, 11) is 0. The zero-order valence-corrected chi connectivity index (χ0v) is 19.5. The predicted octanol–water partition coefficient (Wildman–Crippen LogP) is 5.16. The van der Waals surface area contributed by atoms with Gasteiger partial charge in [-0.15, -0.1) is 0 Å². The fraction of sp³-hybridized carbons (Fsp3) is 0.185. The number of aryl methyl sites for hydroxylation is 3. The van der Waals surface area contributed by atoms with Gasteiger partial charge in [0.2, 0.25) is 5.78 Å². The van der Waals surface area contributed by atoms with Gasteiger partial charge in [-0.1, -0.05) is 29.8 Å². The molecule has 0 saturated carbocycles. The molecule has 34 heavy (non-hydrogen) atoms. The number of ether oxygens (including phenoxy) is 1. The Balaban J connectivity index is 1.90. The molecule has 0 unspecified atom stereocenters. The number of carbonyl (C=O) groups excluding carboxylic acids is 3. The van der Waals surface area contributed by atoms with Gasteiger partial charge in [-0.2, -0.15) is 5.26 Å². The maximum atomic E-state index is 13.2. The van der Waals surface area contributed by atoms with Gasteiger partial charge in [0.05, 0.1) is 17.7 Å². The summed E-state index contributed by atoms with van der Waals surface area (Å²) < 4.78 is 5.09. The van der Waals surface area contributed by atoms with Gasteiger partial charge in [0, 0.05) is 22.6 Å². The molecule has 7 heteroatoms. The molecular weight excluding hydrogens is 430 g/mol. The number of carbonyl (C=O) groups is 3. The molecule has 0 aliphatic heterocycles. The molecule has 2 aromatic carbocycles. The largest absolute Gasteiger partial charge is 0.462 e. The summed E-state index contributed by atoms with van der Waals surface area (Å²) in [5.74, 6) is -1.47. The van der Waals surface area contributed by atoms with Gasteiger partial charge in [0.1, 0.15) is 11.6 Å². The van der Waals surface area contributed by atoms with Crippen LogP contribution in [0.1, 0.15) is 60.5 Å². The summed E-state index contributed by atoms with van der Waals surface area (Å²) in [4.78, 5) is 41.2. The van der Waals surface area contributed by atoms with Gasteiger partial charge >= 0.3 is 5.97 Å². The van der Waals surface area contributed by atoms with E-state index in [9.17, 15) is 19.6 Å². The Labute approximate surface area is 198 Å². The zero-order valence-electron chi connectivity index (χ0n) is 19.5. The summed E-state index contributed by atoms with van der Waals surface area (Å²) in [5.41, 5.74) is 3.72. The number of ketones is 1. The third-order valence-electron chi connectivity index (χ3n) is 5.22. The first-order chi connectivity index (χ1) is 16.2. The third-order valence-corrected chi connectivity index (χ3v) is 5.22. The van der Waals surface area contributed by atoms with Gasteiger partial charge in [0.15, 0.2) is 0 Å². The van der Waals surface area contributed by atoms with Crippen molar-refractivity contribution in [1.82, 2.24) is 4.98 Å². The van der Waals surface area contributed by atoms with Crippen LogP contribution >= 0.6 is 0 Å². The first kappa shape index (κ1) is 24.2. The molecule has 172 valence electrons. The molecular formula is C27H25N3O4. The number of nitriles is 1. The lowest BCUT2D eigenvalue weighted by Crippen LogP contribution is -2.13. The average Bonchev–Trinajstić information content (AvgIpc) is 3.11. The van der Waals surface area contributed by atoms with E-state index >= 15 is 0 Å². The van der Waals surface area contributed by atoms with Crippen LogP contribution in [0.2, 0.25) is 0 Å². The first-order valence-corrected chi connectivity index (χ1v) is 10.8. The second-order valence-electron chi connectivity index (χ2n) is 7.79. The van der Waals surface area contributed by atoms with E-state index in [-0.39, 0.29) is 29.2 Å². The Bertz CT molecular complexity index is 1320. The van der Waals surface area contributed by atoms with Crippen molar-refractivity contribution >= 4 is 29.4 Å². The molecule has 1 heterocycles. The molecule has 3 aromatic rings. The molecule has 0 aliphatic carbocycles. The van der Waals surface area contributed by atoms with Gasteiger partial charge < -0.3 is 15.0 Å². The van der Waals surface area contributed by atoms with Crippen LogP contribution in [0, 0.1) is 32.1 Å². The van der Waals surface area contributed by atoms with Crippen LogP contribution < -0.4 is 5.32 Å². The lowest BCUT2D eigenvalue weighted by molar-refractivity contribution is 0.0523. The predicted molar refractivity (Wildman–Crippen MR) is 130 cm³/mol. The Hall–Kier alpha value is -4.44. The van der Waals surface area contributed by atoms with E-state index in [0.29, 0.717) is 28.2 Å². The van der Waals surface area contributed by atoms with Crippen LogP contribution in [0.4, 0.5) is 5.69 Å². The van der Waals surface area contributed by atoms with E-state index in [1.54, 1.807) is 57.2 Å². The Morgan fingerprint density at radius 1 is 1.03 bits per heavy atom. The number of anilines is 1. The minimum atomic E-state index is -0.620. The van der Waals surface area contributed by atoms with Crippen molar-refractivity contribution < 1.29 is 19.1 Å². The number of hydrogen-bond acceptors (Lipinski definition) is 5. The summed E-state index contributed by atoms with van der Waals surface area (Å²) in [5, 5.41) is 12.5. The molecule has 0 spiro atoms. The molecule has 0 aliphatic rings. The number of hydrogen-bond donors (Lipinski definition) is 2. The van der Waals surface area contributed by atoms with Crippen molar-refractivity contribution in [3.63, 3.8) is 0 Å². The molecule has 1 amide bonds. The van der Waals surface area contributed by atoms with Crippen LogP contribution in [-0.2, 0) is 4.74 Å². The summed E-state index contributed by atoms with van der Waals surface area (Å²) in [6, 6.07) is 15.9. The molecule has 3 rings (SSSR count). The molecule has 0 fully saturated rings. The van der Waals surface area contributed by atoms with Crippen LogP contribution in [0.5, 0.6) is 0 Å². The Morgan fingerprint density at radius 2 is 1.71 bits per heavy atom. The number of allylic oxidation sites excluding steroid dienone is 1. The van der Waals surface area contributed by atoms with E-state index in [1.807, 2.05) is 25.1 Å². The molecule has 0 radical (unpaired) electrons. The van der Waals surface area contributed by atoms with Crippen molar-refractivity contribution in [3.05, 3.63) is 93.3 Å². The van der Waals surface area contributed by atoms with Crippen LogP contribution in [-0.4, -0.2) is 29.3 Å². The number of aromatic nitrogens is 1. The van der Waals surface area contributed by atoms with Crippen molar-refractivity contribution in [2.45, 2.75) is 27.7 Å². The van der Waals surface area contributed by atoms with Gasteiger partial charge in [0.25, 0.3) is 5.91 Å². The van der Waals surface area contributed by atoms with E-state index in [4.69, 9.17) is 4.74 Å². The minimum Gasteiger partial charge on any atom is -0.462 e. The second kappa shape index (κ2) is 10.5. The number of amides is 1. The fourth-order valence-electron chi connectivity index (χ4n) is 3.59. The molecule has 2 N–H and O–H groups in total. The number of aromatic amines is 1. The highest BCUT2D eigenvalue weighted by molar-refractivity contribution is 6.19. The van der Waals surface area contributed by atoms with E-state index in [2.05, 4.69) is 10.3 Å². The number of rotatable bonds is 7. The maximum Gasteiger partial charge on any atom is 0.340 e. The third kappa shape index (κ3) is 5.30. The van der Waals surface area contributed by atoms with Crippen molar-refractivity contribution in [2.24, 2.45) is 0 Å². The van der Waals surface area contributed by atoms with Gasteiger partial charge in [-0.25, -0.2) is 4.79 Å². The normalized spacial score (nSPS) is 11.0. The first-order valence-electron chi connectivity index (χ1n) is 10.8. The highest BCUT2D eigenvalue weighted by Crippen LogP contribution is 2.24. The number of Topliss-reactive ketones (excluding diaryl/α,β-unsaturated/α-hetero) is 1. The van der Waals surface area contributed by atoms with Crippen molar-refractivity contribution in [3.8, 4) is 6.07 Å². The standard InChI is InChI=1S/C27H25N3O4/c1-5-34-27(33)24-18(4)29-17(3)23(24)25(31)21(15-28)13-19-7-6-8-22(14-19)30-26(32)20-11-9-16(2)10-12-20/h6-14,29H,5H2,1-4H3,(H,30,32)/b21-13+. The van der Waals surface area contributed by atoms with Crippen LogP contribution in [0.15, 0.2) is 54.1 Å². The average molecular weight is 456 g/mol. The number of nitrogens with zero attached hydrogens (tertiary/aromatic N) is 1. The molecule has 1 aromatic heterocycles. The summed E-state index contributed by atoms with van der Waals surface area (Å²) in [6.45, 7) is 7.13. The molecule has 0 atom stereocenters. The van der Waals surface area contributed by atoms with E-state index in [0.717, 1.165) is 5.56 Å². The number of esters is 1. The minimum absolute atomic E-state index is 0.118. The number of H-pyrrole nitrogens is 1. The van der Waals surface area contributed by atoms with E-state index in [1.165, 1.54) is 6.08 Å².